The summed E-state index contributed by atoms with van der Waals surface area (Å²) in [5.74, 6) is 1.72. The summed E-state index contributed by atoms with van der Waals surface area (Å²) in [5, 5.41) is 6.50. The van der Waals surface area contributed by atoms with E-state index in [9.17, 15) is 4.79 Å². The Kier molecular flexibility index (Phi) is 9.86. The lowest BCUT2D eigenvalue weighted by molar-refractivity contribution is 0.306. The number of fused-ring (bicyclic) bond motifs is 1. The van der Waals surface area contributed by atoms with E-state index in [1.807, 2.05) is 38.1 Å². The zero-order chi connectivity index (χ0) is 31.5. The van der Waals surface area contributed by atoms with E-state index in [4.69, 9.17) is 60.9 Å². The molecule has 0 atom stereocenters. The highest BCUT2D eigenvalue weighted by Gasteiger charge is 2.19. The molecule has 10 heteroatoms. The summed E-state index contributed by atoms with van der Waals surface area (Å²) in [6.07, 6.45) is 1.52. The van der Waals surface area contributed by atoms with Crippen LogP contribution in [0.2, 0.25) is 20.1 Å². The summed E-state index contributed by atoms with van der Waals surface area (Å²) in [6.45, 7) is 8.85. The number of nitrogens with zero attached hydrogens (tertiary/aromatic N) is 3. The maximum Gasteiger partial charge on any atom is 0.282 e. The van der Waals surface area contributed by atoms with Gasteiger partial charge in [-0.2, -0.15) is 9.78 Å². The van der Waals surface area contributed by atoms with Gasteiger partial charge in [-0.15, -0.1) is 0 Å². The molecular formula is C34H29Cl4N3O3. The summed E-state index contributed by atoms with van der Waals surface area (Å²) >= 11 is 25.3. The normalized spacial score (nSPS) is 11.6. The van der Waals surface area contributed by atoms with Gasteiger partial charge in [-0.05, 0) is 90.6 Å². The molecule has 226 valence electrons. The first-order valence-electron chi connectivity index (χ1n) is 14.0. The lowest BCUT2D eigenvalue weighted by atomic mass is 9.96. The summed E-state index contributed by atoms with van der Waals surface area (Å²) in [5.41, 5.74) is 4.34. The van der Waals surface area contributed by atoms with E-state index in [0.29, 0.717) is 44.7 Å². The predicted molar refractivity (Wildman–Crippen MR) is 182 cm³/mol. The second-order valence-corrected chi connectivity index (χ2v) is 12.1. The van der Waals surface area contributed by atoms with E-state index in [0.717, 1.165) is 28.0 Å². The predicted octanol–water partition coefficient (Wildman–Crippen LogP) is 9.97. The molecule has 0 aliphatic carbocycles. The summed E-state index contributed by atoms with van der Waals surface area (Å²) < 4.78 is 13.1. The van der Waals surface area contributed by atoms with Crippen LogP contribution in [0, 0.1) is 6.92 Å². The van der Waals surface area contributed by atoms with Crippen molar-refractivity contribution < 1.29 is 9.47 Å². The Hall–Kier alpha value is -3.55. The molecule has 0 aliphatic heterocycles. The van der Waals surface area contributed by atoms with Gasteiger partial charge in [-0.25, -0.2) is 4.98 Å². The maximum absolute atomic E-state index is 13.8. The quantitative estimate of drug-likeness (QED) is 0.147. The van der Waals surface area contributed by atoms with Crippen LogP contribution in [0.25, 0.3) is 22.3 Å². The highest BCUT2D eigenvalue weighted by molar-refractivity contribution is 6.42. The Morgan fingerprint density at radius 2 is 1.64 bits per heavy atom. The number of benzene rings is 4. The molecule has 0 radical (unpaired) electrons. The van der Waals surface area contributed by atoms with Crippen molar-refractivity contribution in [2.75, 3.05) is 6.61 Å². The van der Waals surface area contributed by atoms with Crippen LogP contribution in [0.4, 0.5) is 0 Å². The van der Waals surface area contributed by atoms with Crippen molar-refractivity contribution in [2.24, 2.45) is 5.10 Å². The Morgan fingerprint density at radius 1 is 0.909 bits per heavy atom. The Morgan fingerprint density at radius 3 is 2.32 bits per heavy atom. The third-order valence-electron chi connectivity index (χ3n) is 6.98. The molecular weight excluding hydrogens is 640 g/mol. The van der Waals surface area contributed by atoms with E-state index in [1.165, 1.54) is 10.9 Å². The van der Waals surface area contributed by atoms with Gasteiger partial charge in [0.25, 0.3) is 5.56 Å². The van der Waals surface area contributed by atoms with Crippen LogP contribution in [0.3, 0.4) is 0 Å². The van der Waals surface area contributed by atoms with Gasteiger partial charge < -0.3 is 9.47 Å². The summed E-state index contributed by atoms with van der Waals surface area (Å²) in [7, 11) is 0. The van der Waals surface area contributed by atoms with E-state index in [2.05, 4.69) is 18.9 Å². The summed E-state index contributed by atoms with van der Waals surface area (Å²) in [6, 6.07) is 19.8. The molecule has 0 N–H and O–H groups in total. The molecule has 0 aliphatic rings. The van der Waals surface area contributed by atoms with Crippen molar-refractivity contribution >= 4 is 63.5 Å². The second-order valence-electron chi connectivity index (χ2n) is 10.5. The lowest BCUT2D eigenvalue weighted by Gasteiger charge is -2.18. The van der Waals surface area contributed by atoms with Crippen molar-refractivity contribution in [3.63, 3.8) is 0 Å². The van der Waals surface area contributed by atoms with Gasteiger partial charge in [-0.1, -0.05) is 78.5 Å². The number of rotatable bonds is 9. The van der Waals surface area contributed by atoms with Crippen LogP contribution >= 0.6 is 46.4 Å². The third-order valence-corrected chi connectivity index (χ3v) is 8.28. The Bertz CT molecular complexity index is 1930. The van der Waals surface area contributed by atoms with Crippen molar-refractivity contribution in [3.05, 3.63) is 119 Å². The van der Waals surface area contributed by atoms with Crippen molar-refractivity contribution in [3.8, 4) is 22.9 Å². The average Bonchev–Trinajstić information content (AvgIpc) is 2.98. The Balaban J connectivity index is 1.55. The molecule has 5 rings (SSSR count). The van der Waals surface area contributed by atoms with Crippen LogP contribution in [0.5, 0.6) is 11.5 Å². The highest BCUT2D eigenvalue weighted by Crippen LogP contribution is 2.36. The van der Waals surface area contributed by atoms with Crippen molar-refractivity contribution in [1.82, 2.24) is 9.66 Å². The first-order chi connectivity index (χ1) is 21.1. The minimum Gasteiger partial charge on any atom is -0.494 e. The fourth-order valence-corrected chi connectivity index (χ4v) is 5.71. The van der Waals surface area contributed by atoms with Crippen LogP contribution in [-0.4, -0.2) is 22.5 Å². The second kappa shape index (κ2) is 13.6. The monoisotopic (exact) mass is 667 g/mol. The van der Waals surface area contributed by atoms with Crippen LogP contribution in [-0.2, 0) is 6.61 Å². The number of aromatic nitrogens is 2. The molecule has 1 aromatic heterocycles. The molecule has 0 saturated carbocycles. The van der Waals surface area contributed by atoms with E-state index < -0.39 is 0 Å². The molecule has 6 nitrogen and oxygen atoms in total. The molecule has 0 spiro atoms. The Labute approximate surface area is 275 Å². The largest absolute Gasteiger partial charge is 0.494 e. The zero-order valence-corrected chi connectivity index (χ0v) is 27.5. The summed E-state index contributed by atoms with van der Waals surface area (Å²) in [4.78, 5) is 18.7. The SMILES string of the molecule is CCOc1cc(C)c(-c2nc3ccccc3c(=O)n2N=Cc2cc(Cl)c(OCc3ccc(Cl)c(Cl)c3)c(Cl)c2)cc1C(C)C. The van der Waals surface area contributed by atoms with Gasteiger partial charge in [0.15, 0.2) is 11.6 Å². The van der Waals surface area contributed by atoms with Gasteiger partial charge in [0.2, 0.25) is 0 Å². The first kappa shape index (κ1) is 31.9. The number of hydrogen-bond donors (Lipinski definition) is 0. The van der Waals surface area contributed by atoms with Crippen LogP contribution in [0.15, 0.2) is 76.6 Å². The van der Waals surface area contributed by atoms with E-state index in [-0.39, 0.29) is 28.1 Å². The zero-order valence-electron chi connectivity index (χ0n) is 24.5. The van der Waals surface area contributed by atoms with Crippen molar-refractivity contribution in [1.29, 1.82) is 0 Å². The highest BCUT2D eigenvalue weighted by atomic mass is 35.5. The van der Waals surface area contributed by atoms with Crippen LogP contribution < -0.4 is 15.0 Å². The molecule has 44 heavy (non-hydrogen) atoms. The molecule has 0 unspecified atom stereocenters. The molecule has 5 aromatic rings. The molecule has 1 heterocycles. The number of halogens is 4. The fraction of sp³-hybridized carbons (Fsp3) is 0.206. The first-order valence-corrected chi connectivity index (χ1v) is 15.5. The van der Waals surface area contributed by atoms with Crippen molar-refractivity contribution in [2.45, 2.75) is 40.2 Å². The maximum atomic E-state index is 13.8. The third kappa shape index (κ3) is 6.74. The standard InChI is InChI=1S/C34H29Cl4N3O3/c1-5-43-31-12-20(4)25(16-24(31)19(2)3)33-40-30-9-7-6-8-23(30)34(42)41(33)39-17-22-14-28(37)32(29(38)15-22)44-18-21-10-11-26(35)27(36)13-21/h6-17,19H,5,18H2,1-4H3. The topological polar surface area (TPSA) is 65.7 Å². The van der Waals surface area contributed by atoms with Gasteiger partial charge in [0, 0.05) is 5.56 Å². The number of para-hydroxylation sites is 1. The minimum atomic E-state index is -0.306. The van der Waals surface area contributed by atoms with Crippen LogP contribution in [0.1, 0.15) is 48.9 Å². The number of aryl methyl sites for hydroxylation is 1. The molecule has 0 amide bonds. The lowest BCUT2D eigenvalue weighted by Crippen LogP contribution is -2.21. The number of ether oxygens (including phenoxy) is 2. The average molecular weight is 669 g/mol. The smallest absolute Gasteiger partial charge is 0.282 e. The van der Waals surface area contributed by atoms with Gasteiger partial charge >= 0.3 is 0 Å². The molecule has 0 saturated heterocycles. The molecule has 0 fully saturated rings. The molecule has 0 bridgehead atoms. The fourth-order valence-electron chi connectivity index (χ4n) is 4.78. The van der Waals surface area contributed by atoms with E-state index in [1.54, 1.807) is 42.5 Å². The number of hydrogen-bond acceptors (Lipinski definition) is 5. The van der Waals surface area contributed by atoms with Gasteiger partial charge in [0.1, 0.15) is 12.4 Å². The van der Waals surface area contributed by atoms with E-state index >= 15 is 0 Å². The van der Waals surface area contributed by atoms with Gasteiger partial charge in [-0.3, -0.25) is 4.79 Å². The minimum absolute atomic E-state index is 0.182. The molecule has 4 aromatic carbocycles. The van der Waals surface area contributed by atoms with Gasteiger partial charge in [0.05, 0.1) is 43.8 Å².